The molecule has 1 atom stereocenters. The second kappa shape index (κ2) is 4.69. The van der Waals surface area contributed by atoms with Crippen molar-refractivity contribution in [1.82, 2.24) is 0 Å². The first-order valence-corrected chi connectivity index (χ1v) is 5.14. The third-order valence-electron chi connectivity index (χ3n) is 2.57. The fourth-order valence-corrected chi connectivity index (χ4v) is 1.69. The van der Waals surface area contributed by atoms with Gasteiger partial charge in [-0.1, -0.05) is 38.1 Å². The van der Waals surface area contributed by atoms with E-state index in [2.05, 4.69) is 0 Å². The Bertz CT molecular complexity index is 315. The van der Waals surface area contributed by atoms with Gasteiger partial charge < -0.3 is 0 Å². The molecule has 0 aliphatic rings. The van der Waals surface area contributed by atoms with Gasteiger partial charge in [0.15, 0.2) is 0 Å². The minimum absolute atomic E-state index is 0.0939. The van der Waals surface area contributed by atoms with Crippen molar-refractivity contribution >= 4 is 0 Å². The normalized spacial score (nSPS) is 13.9. The topological polar surface area (TPSA) is 0 Å². The maximum absolute atomic E-state index is 12.6. The standard InChI is InChI=1S/C12H15F3/c1-3-9-6-5-7-10(8-9)11(4-2)12(13,14)15/h5-8,11H,3-4H2,1-2H3. The van der Waals surface area contributed by atoms with Crippen LogP contribution in [0.3, 0.4) is 0 Å². The van der Waals surface area contributed by atoms with E-state index in [1.54, 1.807) is 25.1 Å². The monoisotopic (exact) mass is 216 g/mol. The Morgan fingerprint density at radius 3 is 2.33 bits per heavy atom. The van der Waals surface area contributed by atoms with E-state index in [9.17, 15) is 13.2 Å². The van der Waals surface area contributed by atoms with Gasteiger partial charge in [0.05, 0.1) is 5.92 Å². The predicted molar refractivity (Wildman–Crippen MR) is 54.9 cm³/mol. The molecule has 0 nitrogen and oxygen atoms in total. The van der Waals surface area contributed by atoms with Crippen molar-refractivity contribution < 1.29 is 13.2 Å². The largest absolute Gasteiger partial charge is 0.395 e. The first kappa shape index (κ1) is 12.1. The molecule has 84 valence electrons. The van der Waals surface area contributed by atoms with Gasteiger partial charge in [-0.3, -0.25) is 0 Å². The molecule has 0 heterocycles. The van der Waals surface area contributed by atoms with Crippen LogP contribution >= 0.6 is 0 Å². The van der Waals surface area contributed by atoms with Crippen LogP contribution in [-0.4, -0.2) is 6.18 Å². The fourth-order valence-electron chi connectivity index (χ4n) is 1.69. The van der Waals surface area contributed by atoms with Gasteiger partial charge in [-0.15, -0.1) is 0 Å². The average molecular weight is 216 g/mol. The Morgan fingerprint density at radius 2 is 1.87 bits per heavy atom. The maximum Gasteiger partial charge on any atom is 0.395 e. The van der Waals surface area contributed by atoms with Gasteiger partial charge in [0.1, 0.15) is 0 Å². The van der Waals surface area contributed by atoms with Crippen molar-refractivity contribution in [2.45, 2.75) is 38.8 Å². The van der Waals surface area contributed by atoms with Crippen molar-refractivity contribution in [2.24, 2.45) is 0 Å². The summed E-state index contributed by atoms with van der Waals surface area (Å²) < 4.78 is 37.9. The molecule has 0 amide bonds. The summed E-state index contributed by atoms with van der Waals surface area (Å²) in [6.07, 6.45) is -3.28. The van der Waals surface area contributed by atoms with Crippen molar-refractivity contribution in [3.8, 4) is 0 Å². The van der Waals surface area contributed by atoms with Crippen LogP contribution in [0.5, 0.6) is 0 Å². The second-order valence-electron chi connectivity index (χ2n) is 3.60. The van der Waals surface area contributed by atoms with Gasteiger partial charge in [0.2, 0.25) is 0 Å². The SMILES string of the molecule is CCc1cccc(C(CC)C(F)(F)F)c1. The van der Waals surface area contributed by atoms with E-state index in [0.717, 1.165) is 12.0 Å². The highest BCUT2D eigenvalue weighted by Crippen LogP contribution is 2.37. The van der Waals surface area contributed by atoms with E-state index in [0.29, 0.717) is 5.56 Å². The lowest BCUT2D eigenvalue weighted by Gasteiger charge is -2.19. The van der Waals surface area contributed by atoms with E-state index in [-0.39, 0.29) is 6.42 Å². The molecule has 0 aliphatic heterocycles. The Hall–Kier alpha value is -0.990. The lowest BCUT2D eigenvalue weighted by atomic mass is 9.94. The number of hydrogen-bond donors (Lipinski definition) is 0. The number of rotatable bonds is 3. The molecule has 0 bridgehead atoms. The van der Waals surface area contributed by atoms with Crippen LogP contribution in [-0.2, 0) is 6.42 Å². The predicted octanol–water partition coefficient (Wildman–Crippen LogP) is 4.30. The van der Waals surface area contributed by atoms with Crippen LogP contribution in [0.1, 0.15) is 37.3 Å². The van der Waals surface area contributed by atoms with Crippen LogP contribution in [0.25, 0.3) is 0 Å². The fraction of sp³-hybridized carbons (Fsp3) is 0.500. The summed E-state index contributed by atoms with van der Waals surface area (Å²) in [6, 6.07) is 6.76. The molecule has 3 heteroatoms. The zero-order valence-electron chi connectivity index (χ0n) is 8.93. The van der Waals surface area contributed by atoms with Crippen molar-refractivity contribution in [1.29, 1.82) is 0 Å². The first-order valence-electron chi connectivity index (χ1n) is 5.14. The van der Waals surface area contributed by atoms with Gasteiger partial charge in [-0.25, -0.2) is 0 Å². The molecule has 0 aromatic heterocycles. The molecule has 1 rings (SSSR count). The smallest absolute Gasteiger partial charge is 0.170 e. The number of halogens is 3. The lowest BCUT2D eigenvalue weighted by Crippen LogP contribution is -2.20. The molecule has 0 radical (unpaired) electrons. The highest BCUT2D eigenvalue weighted by atomic mass is 19.4. The molecule has 0 saturated heterocycles. The Kier molecular flexibility index (Phi) is 3.77. The molecular formula is C12H15F3. The molecule has 0 aliphatic carbocycles. The lowest BCUT2D eigenvalue weighted by molar-refractivity contribution is -0.151. The van der Waals surface area contributed by atoms with Crippen molar-refractivity contribution in [2.75, 3.05) is 0 Å². The third kappa shape index (κ3) is 2.98. The summed E-state index contributed by atoms with van der Waals surface area (Å²) in [5.41, 5.74) is 1.33. The third-order valence-corrected chi connectivity index (χ3v) is 2.57. The quantitative estimate of drug-likeness (QED) is 0.706. The molecule has 0 spiro atoms. The van der Waals surface area contributed by atoms with Gasteiger partial charge >= 0.3 is 6.18 Å². The van der Waals surface area contributed by atoms with E-state index >= 15 is 0 Å². The zero-order valence-corrected chi connectivity index (χ0v) is 8.93. The summed E-state index contributed by atoms with van der Waals surface area (Å²) >= 11 is 0. The highest BCUT2D eigenvalue weighted by molar-refractivity contribution is 5.27. The molecule has 0 fully saturated rings. The maximum atomic E-state index is 12.6. The molecule has 1 unspecified atom stereocenters. The minimum atomic E-state index is -4.14. The van der Waals surface area contributed by atoms with Gasteiger partial charge in [0.25, 0.3) is 0 Å². The first-order chi connectivity index (χ1) is 6.99. The minimum Gasteiger partial charge on any atom is -0.170 e. The van der Waals surface area contributed by atoms with Crippen LogP contribution in [0.15, 0.2) is 24.3 Å². The van der Waals surface area contributed by atoms with E-state index in [1.807, 2.05) is 13.0 Å². The number of benzene rings is 1. The van der Waals surface area contributed by atoms with E-state index < -0.39 is 12.1 Å². The van der Waals surface area contributed by atoms with E-state index in [4.69, 9.17) is 0 Å². The molecule has 1 aromatic rings. The summed E-state index contributed by atoms with van der Waals surface area (Å²) in [6.45, 7) is 3.50. The van der Waals surface area contributed by atoms with Gasteiger partial charge in [0, 0.05) is 0 Å². The molecule has 0 saturated carbocycles. The Labute approximate surface area is 88.1 Å². The Balaban J connectivity index is 3.02. The number of aryl methyl sites for hydroxylation is 1. The van der Waals surface area contributed by atoms with Crippen molar-refractivity contribution in [3.63, 3.8) is 0 Å². The highest BCUT2D eigenvalue weighted by Gasteiger charge is 2.39. The molecule has 0 N–H and O–H groups in total. The average Bonchev–Trinajstić information content (AvgIpc) is 2.17. The van der Waals surface area contributed by atoms with Crippen LogP contribution in [0, 0.1) is 0 Å². The summed E-state index contributed by atoms with van der Waals surface area (Å²) in [7, 11) is 0. The Morgan fingerprint density at radius 1 is 1.20 bits per heavy atom. The van der Waals surface area contributed by atoms with Gasteiger partial charge in [-0.2, -0.15) is 13.2 Å². The van der Waals surface area contributed by atoms with Gasteiger partial charge in [-0.05, 0) is 24.0 Å². The van der Waals surface area contributed by atoms with Crippen LogP contribution in [0.4, 0.5) is 13.2 Å². The summed E-state index contributed by atoms with van der Waals surface area (Å²) in [5.74, 6) is -1.33. The second-order valence-corrected chi connectivity index (χ2v) is 3.60. The summed E-state index contributed by atoms with van der Waals surface area (Å²) in [5, 5.41) is 0. The van der Waals surface area contributed by atoms with Crippen LogP contribution in [0.2, 0.25) is 0 Å². The number of alkyl halides is 3. The van der Waals surface area contributed by atoms with Crippen molar-refractivity contribution in [3.05, 3.63) is 35.4 Å². The molecule has 15 heavy (non-hydrogen) atoms. The molecule has 1 aromatic carbocycles. The van der Waals surface area contributed by atoms with E-state index in [1.165, 1.54) is 0 Å². The summed E-state index contributed by atoms with van der Waals surface area (Å²) in [4.78, 5) is 0. The molecular weight excluding hydrogens is 201 g/mol. The zero-order chi connectivity index (χ0) is 11.5. The van der Waals surface area contributed by atoms with Crippen LogP contribution < -0.4 is 0 Å². The number of hydrogen-bond acceptors (Lipinski definition) is 0.